The maximum atomic E-state index is 9.60. The first-order chi connectivity index (χ1) is 6.04. The molecular formula is C8H14O5. The van der Waals surface area contributed by atoms with Crippen LogP contribution in [0.3, 0.4) is 0 Å². The van der Waals surface area contributed by atoms with Crippen molar-refractivity contribution in [3.8, 4) is 0 Å². The monoisotopic (exact) mass is 190 g/mol. The third-order valence-corrected chi connectivity index (χ3v) is 1.15. The van der Waals surface area contributed by atoms with Gasteiger partial charge < -0.3 is 19.7 Å². The molecule has 1 rings (SSSR count). The summed E-state index contributed by atoms with van der Waals surface area (Å²) in [6.07, 6.45) is -0.409. The van der Waals surface area contributed by atoms with Crippen LogP contribution in [0.5, 0.6) is 0 Å². The molecule has 5 heteroatoms. The van der Waals surface area contributed by atoms with Crippen molar-refractivity contribution in [2.24, 2.45) is 0 Å². The summed E-state index contributed by atoms with van der Waals surface area (Å²) in [5.41, 5.74) is 0.176. The van der Waals surface area contributed by atoms with Gasteiger partial charge >= 0.3 is 5.97 Å². The van der Waals surface area contributed by atoms with E-state index in [-0.39, 0.29) is 5.57 Å². The molecule has 0 spiro atoms. The molecule has 5 nitrogen and oxygen atoms in total. The molecule has 0 aliphatic carbocycles. The third-order valence-electron chi connectivity index (χ3n) is 1.15. The van der Waals surface area contributed by atoms with E-state index in [1.165, 1.54) is 6.92 Å². The Morgan fingerprint density at radius 1 is 1.46 bits per heavy atom. The SMILES string of the molecule is C=C(C)C(=O)O.OC1COCOC1. The Kier molecular flexibility index (Phi) is 6.13. The van der Waals surface area contributed by atoms with Crippen LogP contribution < -0.4 is 0 Å². The highest BCUT2D eigenvalue weighted by Gasteiger charge is 2.08. The van der Waals surface area contributed by atoms with Crippen LogP contribution in [0, 0.1) is 0 Å². The minimum absolute atomic E-state index is 0.176. The predicted octanol–water partition coefficient (Wildman–Crippen LogP) is -0.00130. The second kappa shape index (κ2) is 6.59. The van der Waals surface area contributed by atoms with Crippen molar-refractivity contribution >= 4 is 5.97 Å². The van der Waals surface area contributed by atoms with Gasteiger partial charge in [0.25, 0.3) is 0 Å². The van der Waals surface area contributed by atoms with E-state index in [0.29, 0.717) is 20.0 Å². The van der Waals surface area contributed by atoms with Crippen LogP contribution in [0.15, 0.2) is 12.2 Å². The molecule has 0 amide bonds. The van der Waals surface area contributed by atoms with Crippen molar-refractivity contribution in [3.05, 3.63) is 12.2 Å². The molecule has 0 aromatic rings. The Labute approximate surface area is 76.6 Å². The van der Waals surface area contributed by atoms with Crippen LogP contribution in [0.1, 0.15) is 6.92 Å². The van der Waals surface area contributed by atoms with E-state index >= 15 is 0 Å². The minimum Gasteiger partial charge on any atom is -0.478 e. The lowest BCUT2D eigenvalue weighted by atomic mass is 10.4. The van der Waals surface area contributed by atoms with Crippen molar-refractivity contribution in [2.45, 2.75) is 13.0 Å². The van der Waals surface area contributed by atoms with Gasteiger partial charge in [-0.1, -0.05) is 6.58 Å². The second-order valence-electron chi connectivity index (χ2n) is 2.60. The first-order valence-electron chi connectivity index (χ1n) is 3.76. The number of carboxylic acid groups (broad SMARTS) is 1. The summed E-state index contributed by atoms with van der Waals surface area (Å²) in [4.78, 5) is 9.60. The Hall–Kier alpha value is -0.910. The van der Waals surface area contributed by atoms with E-state index in [1.54, 1.807) is 0 Å². The molecule has 13 heavy (non-hydrogen) atoms. The van der Waals surface area contributed by atoms with Crippen molar-refractivity contribution in [3.63, 3.8) is 0 Å². The van der Waals surface area contributed by atoms with E-state index in [9.17, 15) is 4.79 Å². The molecule has 1 aliphatic rings. The first-order valence-corrected chi connectivity index (χ1v) is 3.76. The number of carbonyl (C=O) groups is 1. The zero-order valence-corrected chi connectivity index (χ0v) is 7.52. The molecule has 1 heterocycles. The van der Waals surface area contributed by atoms with Gasteiger partial charge in [-0.3, -0.25) is 0 Å². The normalized spacial score (nSPS) is 17.1. The number of hydrogen-bond acceptors (Lipinski definition) is 4. The van der Waals surface area contributed by atoms with Crippen LogP contribution in [0.4, 0.5) is 0 Å². The topological polar surface area (TPSA) is 76.0 Å². The number of aliphatic hydroxyl groups is 1. The molecule has 0 saturated carbocycles. The fourth-order valence-electron chi connectivity index (χ4n) is 0.475. The number of aliphatic hydroxyl groups excluding tert-OH is 1. The summed E-state index contributed by atoms with van der Waals surface area (Å²) >= 11 is 0. The Morgan fingerprint density at radius 3 is 2.00 bits per heavy atom. The van der Waals surface area contributed by atoms with Crippen LogP contribution in [-0.2, 0) is 14.3 Å². The standard InChI is InChI=1S/C4H8O3.C4H6O2/c5-4-1-6-3-7-2-4;1-3(2)4(5)6/h4-5H,1-3H2;1H2,2H3,(H,5,6). The summed E-state index contributed by atoms with van der Waals surface area (Å²) in [5, 5.41) is 16.6. The van der Waals surface area contributed by atoms with Gasteiger partial charge in [0.1, 0.15) is 12.9 Å². The van der Waals surface area contributed by atoms with Gasteiger partial charge in [0, 0.05) is 5.57 Å². The molecule has 0 unspecified atom stereocenters. The Balaban J connectivity index is 0.000000226. The summed E-state index contributed by atoms with van der Waals surface area (Å²) in [6.45, 7) is 5.77. The molecule has 0 aromatic heterocycles. The van der Waals surface area contributed by atoms with E-state index in [2.05, 4.69) is 6.58 Å². The number of aliphatic carboxylic acids is 1. The van der Waals surface area contributed by atoms with Gasteiger partial charge in [-0.15, -0.1) is 0 Å². The van der Waals surface area contributed by atoms with Crippen LogP contribution in [0.25, 0.3) is 0 Å². The van der Waals surface area contributed by atoms with Gasteiger partial charge in [-0.25, -0.2) is 4.79 Å². The van der Waals surface area contributed by atoms with E-state index in [0.717, 1.165) is 0 Å². The lowest BCUT2D eigenvalue weighted by Crippen LogP contribution is -2.28. The fourth-order valence-corrected chi connectivity index (χ4v) is 0.475. The number of ether oxygens (including phenoxy) is 2. The highest BCUT2D eigenvalue weighted by molar-refractivity contribution is 5.84. The number of hydrogen-bond donors (Lipinski definition) is 2. The van der Waals surface area contributed by atoms with Crippen molar-refractivity contribution in [1.29, 1.82) is 0 Å². The minimum atomic E-state index is -0.935. The van der Waals surface area contributed by atoms with E-state index in [1.807, 2.05) is 0 Å². The van der Waals surface area contributed by atoms with Gasteiger partial charge in [0.2, 0.25) is 0 Å². The van der Waals surface area contributed by atoms with Gasteiger partial charge in [0.05, 0.1) is 13.2 Å². The Bertz CT molecular complexity index is 159. The first kappa shape index (κ1) is 12.1. The highest BCUT2D eigenvalue weighted by Crippen LogP contribution is 1.93. The quantitative estimate of drug-likeness (QED) is 0.569. The number of rotatable bonds is 1. The van der Waals surface area contributed by atoms with Crippen LogP contribution in [0.2, 0.25) is 0 Å². The fraction of sp³-hybridized carbons (Fsp3) is 0.625. The summed E-state index contributed by atoms with van der Waals surface area (Å²) in [5.74, 6) is -0.935. The molecule has 1 fully saturated rings. The largest absolute Gasteiger partial charge is 0.478 e. The van der Waals surface area contributed by atoms with Crippen molar-refractivity contribution in [2.75, 3.05) is 20.0 Å². The average molecular weight is 190 g/mol. The number of carboxylic acids is 1. The molecule has 0 aromatic carbocycles. The van der Waals surface area contributed by atoms with Gasteiger partial charge in [-0.05, 0) is 6.92 Å². The second-order valence-corrected chi connectivity index (χ2v) is 2.60. The lowest BCUT2D eigenvalue weighted by molar-refractivity contribution is -0.150. The van der Waals surface area contributed by atoms with E-state index in [4.69, 9.17) is 19.7 Å². The zero-order chi connectivity index (χ0) is 10.3. The van der Waals surface area contributed by atoms with Gasteiger partial charge in [0.15, 0.2) is 0 Å². The van der Waals surface area contributed by atoms with Gasteiger partial charge in [-0.2, -0.15) is 0 Å². The summed E-state index contributed by atoms with van der Waals surface area (Å²) in [6, 6.07) is 0. The van der Waals surface area contributed by atoms with Crippen molar-refractivity contribution < 1.29 is 24.5 Å². The zero-order valence-electron chi connectivity index (χ0n) is 7.52. The maximum absolute atomic E-state index is 9.60. The third kappa shape index (κ3) is 7.45. The lowest BCUT2D eigenvalue weighted by Gasteiger charge is -2.16. The maximum Gasteiger partial charge on any atom is 0.330 e. The van der Waals surface area contributed by atoms with E-state index < -0.39 is 12.1 Å². The summed E-state index contributed by atoms with van der Waals surface area (Å²) in [7, 11) is 0. The molecular weight excluding hydrogens is 176 g/mol. The highest BCUT2D eigenvalue weighted by atomic mass is 16.7. The van der Waals surface area contributed by atoms with Crippen molar-refractivity contribution in [1.82, 2.24) is 0 Å². The average Bonchev–Trinajstić information content (AvgIpc) is 2.06. The molecule has 1 saturated heterocycles. The summed E-state index contributed by atoms with van der Waals surface area (Å²) < 4.78 is 9.42. The predicted molar refractivity (Wildman–Crippen MR) is 45.2 cm³/mol. The molecule has 2 N–H and O–H groups in total. The molecule has 1 aliphatic heterocycles. The smallest absolute Gasteiger partial charge is 0.330 e. The molecule has 0 atom stereocenters. The Morgan fingerprint density at radius 2 is 1.85 bits per heavy atom. The molecule has 0 bridgehead atoms. The van der Waals surface area contributed by atoms with Crippen LogP contribution in [-0.4, -0.2) is 42.3 Å². The molecule has 76 valence electrons. The van der Waals surface area contributed by atoms with Crippen LogP contribution >= 0.6 is 0 Å². The molecule has 0 radical (unpaired) electrons.